The number of hydrogen-bond donors (Lipinski definition) is 0. The Morgan fingerprint density at radius 1 is 0.340 bits per heavy atom. The van der Waals surface area contributed by atoms with Crippen molar-refractivity contribution >= 4 is 58.0 Å². The molecule has 5 heteroatoms. The van der Waals surface area contributed by atoms with Crippen molar-refractivity contribution in [1.82, 2.24) is 0 Å². The van der Waals surface area contributed by atoms with Crippen molar-refractivity contribution in [2.45, 2.75) is 75.5 Å². The van der Waals surface area contributed by atoms with Gasteiger partial charge in [-0.2, -0.15) is 0 Å². The first-order chi connectivity index (χ1) is 22.7. The molecule has 0 aliphatic heterocycles. The molecular formula is C42H41Cl5. The summed E-state index contributed by atoms with van der Waals surface area (Å²) in [4.78, 5) is 0. The maximum Gasteiger partial charge on any atom is 0.0406 e. The van der Waals surface area contributed by atoms with E-state index < -0.39 is 0 Å². The topological polar surface area (TPSA) is 0 Å². The third kappa shape index (κ3) is 10.3. The van der Waals surface area contributed by atoms with Crippen LogP contribution in [0.5, 0.6) is 0 Å². The Balaban J connectivity index is 1.51. The molecule has 0 nitrogen and oxygen atoms in total. The van der Waals surface area contributed by atoms with Crippen LogP contribution in [-0.4, -0.2) is 0 Å². The summed E-state index contributed by atoms with van der Waals surface area (Å²) in [6, 6.07) is 42.0. The van der Waals surface area contributed by atoms with Gasteiger partial charge >= 0.3 is 0 Å². The fourth-order valence-corrected chi connectivity index (χ4v) is 7.60. The largest absolute Gasteiger partial charge is 0.0843 e. The second-order valence-electron chi connectivity index (χ2n) is 12.8. The van der Waals surface area contributed by atoms with E-state index in [9.17, 15) is 0 Å². The first-order valence-electron chi connectivity index (χ1n) is 16.5. The van der Waals surface area contributed by atoms with E-state index in [1.54, 1.807) is 0 Å². The summed E-state index contributed by atoms with van der Waals surface area (Å²) in [5, 5.41) is 3.78. The maximum atomic E-state index is 6.42. The van der Waals surface area contributed by atoms with Gasteiger partial charge in [0.1, 0.15) is 0 Å². The van der Waals surface area contributed by atoms with Gasteiger partial charge < -0.3 is 0 Å². The van der Waals surface area contributed by atoms with E-state index in [0.717, 1.165) is 57.2 Å². The zero-order valence-electron chi connectivity index (χ0n) is 26.9. The number of hydrogen-bond acceptors (Lipinski definition) is 0. The summed E-state index contributed by atoms with van der Waals surface area (Å²) in [5.41, 5.74) is 6.56. The summed E-state index contributed by atoms with van der Waals surface area (Å²) in [6.45, 7) is 4.60. The normalized spacial score (nSPS) is 14.7. The van der Waals surface area contributed by atoms with Crippen LogP contribution in [0.2, 0.25) is 25.1 Å². The predicted octanol–water partition coefficient (Wildman–Crippen LogP) is 15.2. The van der Waals surface area contributed by atoms with Crippen molar-refractivity contribution in [3.8, 4) is 0 Å². The van der Waals surface area contributed by atoms with Crippen molar-refractivity contribution in [2.24, 2.45) is 0 Å². The molecule has 0 N–H and O–H groups in total. The van der Waals surface area contributed by atoms with Crippen LogP contribution >= 0.6 is 58.0 Å². The highest BCUT2D eigenvalue weighted by Gasteiger charge is 2.28. The molecule has 47 heavy (non-hydrogen) atoms. The van der Waals surface area contributed by atoms with Crippen LogP contribution in [0.1, 0.15) is 103 Å². The van der Waals surface area contributed by atoms with Crippen LogP contribution in [0.4, 0.5) is 0 Å². The lowest BCUT2D eigenvalue weighted by molar-refractivity contribution is 0.406. The molecule has 0 fully saturated rings. The van der Waals surface area contributed by atoms with Gasteiger partial charge in [0.15, 0.2) is 0 Å². The molecule has 0 aliphatic carbocycles. The van der Waals surface area contributed by atoms with Gasteiger partial charge in [0, 0.05) is 25.1 Å². The van der Waals surface area contributed by atoms with Crippen molar-refractivity contribution < 1.29 is 0 Å². The Hall–Kier alpha value is -2.45. The molecule has 0 radical (unpaired) electrons. The lowest BCUT2D eigenvalue weighted by Gasteiger charge is -2.31. The summed E-state index contributed by atoms with van der Waals surface area (Å²) >= 11 is 31.7. The third-order valence-corrected chi connectivity index (χ3v) is 10.9. The van der Waals surface area contributed by atoms with Gasteiger partial charge in [0.25, 0.3) is 0 Å². The summed E-state index contributed by atoms with van der Waals surface area (Å²) in [5.74, 6) is 1.65. The maximum absolute atomic E-state index is 6.42. The number of rotatable bonds is 14. The van der Waals surface area contributed by atoms with Crippen LogP contribution in [0.3, 0.4) is 0 Å². The monoisotopic (exact) mass is 720 g/mol. The van der Waals surface area contributed by atoms with E-state index in [1.165, 1.54) is 27.8 Å². The summed E-state index contributed by atoms with van der Waals surface area (Å²) in [6.07, 6.45) is 5.05. The highest BCUT2D eigenvalue weighted by atomic mass is 35.5. The van der Waals surface area contributed by atoms with Crippen LogP contribution in [-0.2, 0) is 0 Å². The second kappa shape index (κ2) is 17.3. The van der Waals surface area contributed by atoms with Crippen LogP contribution in [0.25, 0.3) is 0 Å². The Labute approximate surface area is 306 Å². The fourth-order valence-electron chi connectivity index (χ4n) is 6.97. The van der Waals surface area contributed by atoms with Crippen molar-refractivity contribution in [3.63, 3.8) is 0 Å². The van der Waals surface area contributed by atoms with Crippen molar-refractivity contribution in [2.75, 3.05) is 0 Å². The molecule has 5 aromatic carbocycles. The van der Waals surface area contributed by atoms with E-state index in [1.807, 2.05) is 60.7 Å². The van der Waals surface area contributed by atoms with E-state index >= 15 is 0 Å². The third-order valence-electron chi connectivity index (χ3n) is 9.64. The molecule has 0 aliphatic rings. The van der Waals surface area contributed by atoms with Gasteiger partial charge in [-0.15, -0.1) is 0 Å². The standard InChI is InChI=1S/C42H41Cl5/c1-3-29(31-6-16-39(44)17-7-31)25-36(33-10-20-41(46)21-11-33)27-37(34-12-22-42(47)23-13-34)26-35(32-8-18-40(45)19-9-32)24-28(2)30-4-14-38(43)15-5-30/h4-23,28-29,35-37H,3,24-27H2,1-2H3. The minimum absolute atomic E-state index is 0.286. The van der Waals surface area contributed by atoms with Crippen LogP contribution in [0.15, 0.2) is 121 Å². The zero-order valence-corrected chi connectivity index (χ0v) is 30.6. The first-order valence-corrected chi connectivity index (χ1v) is 18.3. The summed E-state index contributed by atoms with van der Waals surface area (Å²) < 4.78 is 0. The van der Waals surface area contributed by atoms with Crippen molar-refractivity contribution in [3.05, 3.63) is 174 Å². The number of halogens is 5. The molecule has 0 spiro atoms. The van der Waals surface area contributed by atoms with Crippen LogP contribution < -0.4 is 0 Å². The molecule has 0 aromatic heterocycles. The molecule has 244 valence electrons. The van der Waals surface area contributed by atoms with E-state index in [-0.39, 0.29) is 5.92 Å². The van der Waals surface area contributed by atoms with Gasteiger partial charge in [-0.25, -0.2) is 0 Å². The van der Waals surface area contributed by atoms with Gasteiger partial charge in [-0.05, 0) is 150 Å². The van der Waals surface area contributed by atoms with Gasteiger partial charge in [-0.3, -0.25) is 0 Å². The van der Waals surface area contributed by atoms with E-state index in [4.69, 9.17) is 58.0 Å². The minimum Gasteiger partial charge on any atom is -0.0843 e. The highest BCUT2D eigenvalue weighted by molar-refractivity contribution is 6.31. The van der Waals surface area contributed by atoms with Gasteiger partial charge in [-0.1, -0.05) is 133 Å². The first kappa shape index (κ1) is 35.8. The summed E-state index contributed by atoms with van der Waals surface area (Å²) in [7, 11) is 0. The SMILES string of the molecule is CCC(CC(CC(CC(CC(C)c1ccc(Cl)cc1)c1ccc(Cl)cc1)c1ccc(Cl)cc1)c1ccc(Cl)cc1)c1ccc(Cl)cc1. The van der Waals surface area contributed by atoms with Gasteiger partial charge in [0.05, 0.1) is 0 Å². The van der Waals surface area contributed by atoms with E-state index in [2.05, 4.69) is 74.5 Å². The molecule has 5 unspecified atom stereocenters. The molecule has 0 heterocycles. The van der Waals surface area contributed by atoms with E-state index in [0.29, 0.717) is 23.7 Å². The molecule has 5 aromatic rings. The average Bonchev–Trinajstić information content (AvgIpc) is 3.07. The molecule has 0 bridgehead atoms. The second-order valence-corrected chi connectivity index (χ2v) is 15.0. The lowest BCUT2D eigenvalue weighted by Crippen LogP contribution is -2.15. The quantitative estimate of drug-likeness (QED) is 0.107. The molecule has 0 saturated heterocycles. The Bertz CT molecular complexity index is 1660. The molecular weight excluding hydrogens is 682 g/mol. The molecule has 0 amide bonds. The van der Waals surface area contributed by atoms with Crippen molar-refractivity contribution in [1.29, 1.82) is 0 Å². The molecule has 5 rings (SSSR count). The smallest absolute Gasteiger partial charge is 0.0406 e. The highest BCUT2D eigenvalue weighted by Crippen LogP contribution is 2.44. The van der Waals surface area contributed by atoms with Crippen LogP contribution in [0, 0.1) is 0 Å². The minimum atomic E-state index is 0.286. The molecule has 5 atom stereocenters. The molecule has 0 saturated carbocycles. The average molecular weight is 723 g/mol. The predicted molar refractivity (Wildman–Crippen MR) is 205 cm³/mol. The Morgan fingerprint density at radius 3 is 0.872 bits per heavy atom. The zero-order chi connectivity index (χ0) is 33.3. The number of benzene rings is 5. The van der Waals surface area contributed by atoms with Gasteiger partial charge in [0.2, 0.25) is 0 Å². The lowest BCUT2D eigenvalue weighted by atomic mass is 9.73. The fraction of sp³-hybridized carbons (Fsp3) is 0.286. The Morgan fingerprint density at radius 2 is 0.574 bits per heavy atom. The Kier molecular flexibility index (Phi) is 13.2.